The molecule has 5 nitrogen and oxygen atoms in total. The highest BCUT2D eigenvalue weighted by atomic mass is 16.5. The SMILES string of the molecule is NC1(Cc2nc3cc4c(cc3[nH]2)OCCCO4)CCCC1. The molecule has 2 aliphatic rings. The zero-order valence-electron chi connectivity index (χ0n) is 12.2. The fourth-order valence-electron chi connectivity index (χ4n) is 3.39. The number of nitrogens with zero attached hydrogens (tertiary/aromatic N) is 1. The summed E-state index contributed by atoms with van der Waals surface area (Å²) in [6, 6.07) is 3.96. The van der Waals surface area contributed by atoms with Gasteiger partial charge in [-0.2, -0.15) is 0 Å². The fraction of sp³-hybridized carbons (Fsp3) is 0.562. The summed E-state index contributed by atoms with van der Waals surface area (Å²) >= 11 is 0. The largest absolute Gasteiger partial charge is 0.489 e. The van der Waals surface area contributed by atoms with Crippen molar-refractivity contribution in [1.82, 2.24) is 9.97 Å². The predicted octanol–water partition coefficient (Wildman–Crippen LogP) is 2.54. The van der Waals surface area contributed by atoms with E-state index in [1.165, 1.54) is 12.8 Å². The number of H-pyrrole nitrogens is 1. The number of nitrogens with two attached hydrogens (primary N) is 1. The summed E-state index contributed by atoms with van der Waals surface area (Å²) in [7, 11) is 0. The van der Waals surface area contributed by atoms with E-state index in [-0.39, 0.29) is 5.54 Å². The van der Waals surface area contributed by atoms with Crippen LogP contribution in [0.5, 0.6) is 11.5 Å². The van der Waals surface area contributed by atoms with Crippen molar-refractivity contribution in [3.05, 3.63) is 18.0 Å². The van der Waals surface area contributed by atoms with E-state index in [1.807, 2.05) is 12.1 Å². The molecule has 0 unspecified atom stereocenters. The van der Waals surface area contributed by atoms with Gasteiger partial charge in [-0.3, -0.25) is 0 Å². The molecule has 1 aliphatic carbocycles. The van der Waals surface area contributed by atoms with Crippen LogP contribution in [-0.4, -0.2) is 28.7 Å². The van der Waals surface area contributed by atoms with Crippen LogP contribution in [0.1, 0.15) is 37.9 Å². The molecule has 5 heteroatoms. The molecule has 0 atom stereocenters. The quantitative estimate of drug-likeness (QED) is 0.890. The Kier molecular flexibility index (Phi) is 3.03. The van der Waals surface area contributed by atoms with Gasteiger partial charge in [0.15, 0.2) is 11.5 Å². The van der Waals surface area contributed by atoms with E-state index in [0.717, 1.165) is 54.0 Å². The lowest BCUT2D eigenvalue weighted by atomic mass is 9.94. The van der Waals surface area contributed by atoms with Gasteiger partial charge in [0, 0.05) is 30.5 Å². The van der Waals surface area contributed by atoms with Gasteiger partial charge in [-0.05, 0) is 12.8 Å². The van der Waals surface area contributed by atoms with Gasteiger partial charge in [0.05, 0.1) is 24.2 Å². The third-order valence-electron chi connectivity index (χ3n) is 4.52. The molecule has 1 aliphatic heterocycles. The molecule has 2 heterocycles. The third kappa shape index (κ3) is 2.46. The molecule has 0 radical (unpaired) electrons. The highest BCUT2D eigenvalue weighted by molar-refractivity contribution is 5.79. The maximum absolute atomic E-state index is 6.45. The average Bonchev–Trinajstić information content (AvgIpc) is 2.96. The first-order valence-corrected chi connectivity index (χ1v) is 7.79. The van der Waals surface area contributed by atoms with Gasteiger partial charge in [-0.1, -0.05) is 12.8 Å². The van der Waals surface area contributed by atoms with E-state index in [1.54, 1.807) is 0 Å². The van der Waals surface area contributed by atoms with Crippen molar-refractivity contribution in [2.75, 3.05) is 13.2 Å². The molecule has 1 aromatic carbocycles. The van der Waals surface area contributed by atoms with Gasteiger partial charge >= 0.3 is 0 Å². The summed E-state index contributed by atoms with van der Waals surface area (Å²) in [5.74, 6) is 2.56. The monoisotopic (exact) mass is 287 g/mol. The second kappa shape index (κ2) is 4.91. The van der Waals surface area contributed by atoms with Crippen LogP contribution in [0.4, 0.5) is 0 Å². The molecule has 1 fully saturated rings. The number of ether oxygens (including phenoxy) is 2. The smallest absolute Gasteiger partial charge is 0.163 e. The van der Waals surface area contributed by atoms with E-state index in [2.05, 4.69) is 9.97 Å². The lowest BCUT2D eigenvalue weighted by molar-refractivity contribution is 0.297. The van der Waals surface area contributed by atoms with Crippen molar-refractivity contribution in [3.8, 4) is 11.5 Å². The van der Waals surface area contributed by atoms with Crippen molar-refractivity contribution in [2.24, 2.45) is 5.73 Å². The molecule has 1 saturated carbocycles. The Bertz CT molecular complexity index is 616. The number of hydrogen-bond donors (Lipinski definition) is 2. The van der Waals surface area contributed by atoms with Crippen molar-refractivity contribution in [2.45, 2.75) is 44.1 Å². The zero-order valence-corrected chi connectivity index (χ0v) is 12.2. The molecule has 0 saturated heterocycles. The molecule has 1 aromatic heterocycles. The highest BCUT2D eigenvalue weighted by Gasteiger charge is 2.30. The molecule has 4 rings (SSSR count). The summed E-state index contributed by atoms with van der Waals surface area (Å²) in [6.07, 6.45) is 6.37. The Morgan fingerprint density at radius 1 is 1.10 bits per heavy atom. The van der Waals surface area contributed by atoms with Crippen LogP contribution in [0.25, 0.3) is 11.0 Å². The Morgan fingerprint density at radius 3 is 2.57 bits per heavy atom. The third-order valence-corrected chi connectivity index (χ3v) is 4.52. The minimum atomic E-state index is -0.0853. The standard InChI is InChI=1S/C16H21N3O2/c17-16(4-1-2-5-16)10-15-18-11-8-13-14(9-12(11)19-15)21-7-3-6-20-13/h8-9H,1-7,10,17H2,(H,18,19). The van der Waals surface area contributed by atoms with Gasteiger partial charge in [-0.25, -0.2) is 4.98 Å². The number of nitrogens with one attached hydrogen (secondary N) is 1. The van der Waals surface area contributed by atoms with Crippen LogP contribution >= 0.6 is 0 Å². The van der Waals surface area contributed by atoms with Gasteiger partial charge in [0.25, 0.3) is 0 Å². The summed E-state index contributed by atoms with van der Waals surface area (Å²) in [5.41, 5.74) is 8.28. The van der Waals surface area contributed by atoms with Crippen LogP contribution < -0.4 is 15.2 Å². The molecular formula is C16H21N3O2. The Morgan fingerprint density at radius 2 is 1.81 bits per heavy atom. The predicted molar refractivity (Wildman–Crippen MR) is 80.8 cm³/mol. The molecule has 0 spiro atoms. The van der Waals surface area contributed by atoms with Gasteiger partial charge in [0.2, 0.25) is 0 Å². The summed E-state index contributed by atoms with van der Waals surface area (Å²) in [6.45, 7) is 1.40. The van der Waals surface area contributed by atoms with Crippen LogP contribution in [0, 0.1) is 0 Å². The molecule has 112 valence electrons. The van der Waals surface area contributed by atoms with E-state index < -0.39 is 0 Å². The minimum Gasteiger partial charge on any atom is -0.489 e. The van der Waals surface area contributed by atoms with Gasteiger partial charge in [0.1, 0.15) is 5.82 Å². The molecule has 21 heavy (non-hydrogen) atoms. The van der Waals surface area contributed by atoms with Crippen LogP contribution in [0.2, 0.25) is 0 Å². The van der Waals surface area contributed by atoms with E-state index in [9.17, 15) is 0 Å². The molecule has 0 bridgehead atoms. The number of benzene rings is 1. The number of fused-ring (bicyclic) bond motifs is 2. The number of rotatable bonds is 2. The second-order valence-electron chi connectivity index (χ2n) is 6.30. The summed E-state index contributed by atoms with van der Waals surface area (Å²) < 4.78 is 11.4. The second-order valence-corrected chi connectivity index (χ2v) is 6.30. The maximum atomic E-state index is 6.45. The molecule has 0 amide bonds. The lowest BCUT2D eigenvalue weighted by Gasteiger charge is -2.21. The van der Waals surface area contributed by atoms with Gasteiger partial charge < -0.3 is 20.2 Å². The average molecular weight is 287 g/mol. The molecule has 3 N–H and O–H groups in total. The minimum absolute atomic E-state index is 0.0853. The first-order chi connectivity index (χ1) is 10.2. The van der Waals surface area contributed by atoms with Crippen molar-refractivity contribution in [1.29, 1.82) is 0 Å². The normalized spacial score (nSPS) is 20.6. The number of imidazole rings is 1. The van der Waals surface area contributed by atoms with Crippen LogP contribution in [-0.2, 0) is 6.42 Å². The molecular weight excluding hydrogens is 266 g/mol. The zero-order chi connectivity index (χ0) is 14.3. The Hall–Kier alpha value is -1.75. The van der Waals surface area contributed by atoms with Crippen molar-refractivity contribution in [3.63, 3.8) is 0 Å². The van der Waals surface area contributed by atoms with E-state index in [0.29, 0.717) is 13.2 Å². The Labute approximate surface area is 123 Å². The highest BCUT2D eigenvalue weighted by Crippen LogP contribution is 2.34. The fourth-order valence-corrected chi connectivity index (χ4v) is 3.39. The first kappa shape index (κ1) is 13.0. The molecule has 2 aromatic rings. The summed E-state index contributed by atoms with van der Waals surface area (Å²) in [4.78, 5) is 8.08. The van der Waals surface area contributed by atoms with Gasteiger partial charge in [-0.15, -0.1) is 0 Å². The number of hydrogen-bond acceptors (Lipinski definition) is 4. The van der Waals surface area contributed by atoms with Crippen molar-refractivity contribution < 1.29 is 9.47 Å². The Balaban J connectivity index is 1.66. The van der Waals surface area contributed by atoms with Crippen LogP contribution in [0.3, 0.4) is 0 Å². The number of aromatic nitrogens is 2. The lowest BCUT2D eigenvalue weighted by Crippen LogP contribution is -2.39. The van der Waals surface area contributed by atoms with Crippen molar-refractivity contribution >= 4 is 11.0 Å². The van der Waals surface area contributed by atoms with Crippen LogP contribution in [0.15, 0.2) is 12.1 Å². The van der Waals surface area contributed by atoms with E-state index in [4.69, 9.17) is 15.2 Å². The van der Waals surface area contributed by atoms with E-state index >= 15 is 0 Å². The maximum Gasteiger partial charge on any atom is 0.163 e. The summed E-state index contributed by atoms with van der Waals surface area (Å²) in [5, 5.41) is 0. The topological polar surface area (TPSA) is 73.2 Å². The number of aromatic amines is 1. The first-order valence-electron chi connectivity index (χ1n) is 7.79.